The highest BCUT2D eigenvalue weighted by Gasteiger charge is 2.14. The topological polar surface area (TPSA) is 77.3 Å². The molecule has 7 heteroatoms. The number of ketones is 1. The number of benzene rings is 1. The summed E-state index contributed by atoms with van der Waals surface area (Å²) in [6, 6.07) is 5.82. The lowest BCUT2D eigenvalue weighted by molar-refractivity contribution is -0.384. The van der Waals surface area contributed by atoms with Gasteiger partial charge in [-0.25, -0.2) is 0 Å². The smallest absolute Gasteiger partial charge is 0.269 e. The quantitative estimate of drug-likeness (QED) is 0.446. The van der Waals surface area contributed by atoms with E-state index in [1.54, 1.807) is 19.1 Å². The van der Waals surface area contributed by atoms with Crippen molar-refractivity contribution in [2.75, 3.05) is 5.75 Å². The molecule has 1 rings (SSSR count). The Morgan fingerprint density at radius 3 is 2.40 bits per heavy atom. The van der Waals surface area contributed by atoms with Crippen molar-refractivity contribution in [2.24, 2.45) is 5.92 Å². The number of non-ortho nitro benzene ring substituents is 1. The Morgan fingerprint density at radius 1 is 1.30 bits per heavy atom. The molecule has 0 amide bonds. The summed E-state index contributed by atoms with van der Waals surface area (Å²) in [6.07, 6.45) is 0.478. The van der Waals surface area contributed by atoms with E-state index in [-0.39, 0.29) is 21.8 Å². The highest BCUT2D eigenvalue weighted by molar-refractivity contribution is 8.38. The van der Waals surface area contributed by atoms with Gasteiger partial charge in [0.1, 0.15) is 5.78 Å². The molecule has 0 aliphatic carbocycles. The van der Waals surface area contributed by atoms with Crippen molar-refractivity contribution in [3.63, 3.8) is 0 Å². The van der Waals surface area contributed by atoms with Gasteiger partial charge in [-0.05, 0) is 23.9 Å². The van der Waals surface area contributed by atoms with Crippen molar-refractivity contribution in [3.05, 3.63) is 34.4 Å². The first-order valence-corrected chi connectivity index (χ1v) is 7.86. The molecule has 1 unspecified atom stereocenters. The van der Waals surface area contributed by atoms with Gasteiger partial charge in [-0.1, -0.05) is 25.6 Å². The predicted molar refractivity (Wildman–Crippen MR) is 81.3 cm³/mol. The van der Waals surface area contributed by atoms with Gasteiger partial charge in [-0.3, -0.25) is 19.7 Å². The molecular formula is C13H15NO4S2. The van der Waals surface area contributed by atoms with E-state index in [0.29, 0.717) is 17.1 Å². The maximum Gasteiger partial charge on any atom is 0.269 e. The minimum atomic E-state index is -0.483. The van der Waals surface area contributed by atoms with Gasteiger partial charge in [0, 0.05) is 35.1 Å². The lowest BCUT2D eigenvalue weighted by atomic mass is 10.1. The van der Waals surface area contributed by atoms with Gasteiger partial charge in [0.15, 0.2) is 0 Å². The van der Waals surface area contributed by atoms with Crippen LogP contribution in [-0.2, 0) is 4.79 Å². The van der Waals surface area contributed by atoms with Gasteiger partial charge < -0.3 is 0 Å². The third kappa shape index (κ3) is 5.34. The minimum Gasteiger partial charge on any atom is -0.299 e. The fourth-order valence-electron chi connectivity index (χ4n) is 1.40. The molecule has 0 radical (unpaired) electrons. The van der Waals surface area contributed by atoms with Crippen molar-refractivity contribution in [1.29, 1.82) is 0 Å². The van der Waals surface area contributed by atoms with Crippen LogP contribution >= 0.6 is 23.5 Å². The maximum absolute atomic E-state index is 11.7. The molecule has 0 aliphatic heterocycles. The average molecular weight is 313 g/mol. The SMILES string of the molecule is CCC(=O)C(C)CSC(=O)Sc1ccc([N+](=O)[O-])cc1. The number of carbonyl (C=O) groups excluding carboxylic acids is 2. The van der Waals surface area contributed by atoms with Gasteiger partial charge in [-0.15, -0.1) is 0 Å². The molecule has 0 bridgehead atoms. The summed E-state index contributed by atoms with van der Waals surface area (Å²) < 4.78 is -0.116. The Labute approximate surface area is 125 Å². The Bertz CT molecular complexity index is 502. The van der Waals surface area contributed by atoms with E-state index in [0.717, 1.165) is 23.5 Å². The van der Waals surface area contributed by atoms with Gasteiger partial charge in [0.25, 0.3) is 10.1 Å². The molecule has 20 heavy (non-hydrogen) atoms. The zero-order valence-electron chi connectivity index (χ0n) is 11.2. The third-order valence-corrected chi connectivity index (χ3v) is 4.78. The third-order valence-electron chi connectivity index (χ3n) is 2.60. The van der Waals surface area contributed by atoms with Crippen molar-refractivity contribution in [3.8, 4) is 0 Å². The molecule has 0 aromatic heterocycles. The van der Waals surface area contributed by atoms with Crippen LogP contribution in [0.1, 0.15) is 20.3 Å². The number of nitrogens with zero attached hydrogens (tertiary/aromatic N) is 1. The summed E-state index contributed by atoms with van der Waals surface area (Å²) in [6.45, 7) is 3.61. The van der Waals surface area contributed by atoms with Gasteiger partial charge >= 0.3 is 0 Å². The molecule has 1 aromatic rings. The molecule has 0 saturated carbocycles. The van der Waals surface area contributed by atoms with E-state index >= 15 is 0 Å². The Hall–Kier alpha value is -1.34. The molecule has 0 aliphatic rings. The van der Waals surface area contributed by atoms with Crippen LogP contribution in [0.25, 0.3) is 0 Å². The fraction of sp³-hybridized carbons (Fsp3) is 0.385. The van der Waals surface area contributed by atoms with Crippen LogP contribution in [0.2, 0.25) is 0 Å². The number of nitro groups is 1. The van der Waals surface area contributed by atoms with Gasteiger partial charge in [-0.2, -0.15) is 0 Å². The number of hydrogen-bond donors (Lipinski definition) is 0. The van der Waals surface area contributed by atoms with Crippen molar-refractivity contribution < 1.29 is 14.5 Å². The predicted octanol–water partition coefficient (Wildman–Crippen LogP) is 4.16. The van der Waals surface area contributed by atoms with E-state index < -0.39 is 4.92 Å². The van der Waals surface area contributed by atoms with E-state index in [4.69, 9.17) is 0 Å². The first-order valence-electron chi connectivity index (χ1n) is 6.05. The Kier molecular flexibility index (Phi) is 6.74. The van der Waals surface area contributed by atoms with Crippen LogP contribution in [0.5, 0.6) is 0 Å². The highest BCUT2D eigenvalue weighted by Crippen LogP contribution is 2.28. The highest BCUT2D eigenvalue weighted by atomic mass is 32.2. The number of thioether (sulfide) groups is 2. The van der Waals surface area contributed by atoms with Crippen LogP contribution in [-0.4, -0.2) is 20.9 Å². The number of hydrogen-bond acceptors (Lipinski definition) is 6. The molecule has 5 nitrogen and oxygen atoms in total. The summed E-state index contributed by atoms with van der Waals surface area (Å²) in [7, 11) is 0. The zero-order valence-corrected chi connectivity index (χ0v) is 12.8. The van der Waals surface area contributed by atoms with Crippen LogP contribution < -0.4 is 0 Å². The molecular weight excluding hydrogens is 298 g/mol. The van der Waals surface area contributed by atoms with Crippen molar-refractivity contribution in [1.82, 2.24) is 0 Å². The van der Waals surface area contributed by atoms with Crippen molar-refractivity contribution >= 4 is 39.4 Å². The normalized spacial score (nSPS) is 11.9. The molecule has 0 saturated heterocycles. The van der Waals surface area contributed by atoms with E-state index in [1.807, 2.05) is 6.92 Å². The number of nitro benzene ring substituents is 1. The zero-order chi connectivity index (χ0) is 15.1. The average Bonchev–Trinajstić information content (AvgIpc) is 2.44. The second-order valence-corrected chi connectivity index (χ2v) is 6.43. The number of Topliss-reactive ketones (excluding diaryl/α,β-unsaturated/α-hetero) is 1. The number of carbonyl (C=O) groups is 2. The first-order chi connectivity index (χ1) is 9.43. The molecule has 1 aromatic carbocycles. The summed E-state index contributed by atoms with van der Waals surface area (Å²) in [5.41, 5.74) is -0.00313. The summed E-state index contributed by atoms with van der Waals surface area (Å²) in [5, 5.41) is 10.5. The number of rotatable bonds is 6. The van der Waals surface area contributed by atoms with Gasteiger partial charge in [0.2, 0.25) is 0 Å². The molecule has 0 fully saturated rings. The lowest BCUT2D eigenvalue weighted by Crippen LogP contribution is -2.12. The summed E-state index contributed by atoms with van der Waals surface area (Å²) in [4.78, 5) is 33.8. The summed E-state index contributed by atoms with van der Waals surface area (Å²) >= 11 is 2.12. The lowest BCUT2D eigenvalue weighted by Gasteiger charge is -2.07. The van der Waals surface area contributed by atoms with Crippen LogP contribution in [0, 0.1) is 16.0 Å². The molecule has 108 valence electrons. The molecule has 0 heterocycles. The van der Waals surface area contributed by atoms with E-state index in [9.17, 15) is 19.7 Å². The van der Waals surface area contributed by atoms with E-state index in [1.165, 1.54) is 12.1 Å². The van der Waals surface area contributed by atoms with Crippen LogP contribution in [0.3, 0.4) is 0 Å². The second-order valence-electron chi connectivity index (χ2n) is 4.13. The maximum atomic E-state index is 11.7. The van der Waals surface area contributed by atoms with Crippen LogP contribution in [0.4, 0.5) is 10.5 Å². The second kappa shape index (κ2) is 8.06. The Morgan fingerprint density at radius 2 is 1.90 bits per heavy atom. The molecule has 0 N–H and O–H groups in total. The standard InChI is InChI=1S/C13H15NO4S2/c1-3-12(15)9(2)8-19-13(16)20-11-6-4-10(5-7-11)14(17)18/h4-7,9H,3,8H2,1-2H3. The largest absolute Gasteiger partial charge is 0.299 e. The minimum absolute atomic E-state index is 0.00313. The van der Waals surface area contributed by atoms with Crippen LogP contribution in [0.15, 0.2) is 29.2 Å². The van der Waals surface area contributed by atoms with Gasteiger partial charge in [0.05, 0.1) is 4.92 Å². The summed E-state index contributed by atoms with van der Waals surface area (Å²) in [5.74, 6) is 0.475. The Balaban J connectivity index is 2.46. The van der Waals surface area contributed by atoms with E-state index in [2.05, 4.69) is 0 Å². The monoisotopic (exact) mass is 313 g/mol. The fourth-order valence-corrected chi connectivity index (χ4v) is 3.16. The first kappa shape index (κ1) is 16.7. The molecule has 0 spiro atoms. The van der Waals surface area contributed by atoms with Crippen molar-refractivity contribution in [2.45, 2.75) is 25.2 Å². The molecule has 1 atom stereocenters.